The lowest BCUT2D eigenvalue weighted by atomic mass is 9.88. The van der Waals surface area contributed by atoms with Crippen LogP contribution in [-0.4, -0.2) is 60.7 Å². The first kappa shape index (κ1) is 14.3. The smallest absolute Gasteiger partial charge is 0.227 e. The molecule has 3 heterocycles. The SMILES string of the molecule is COCCN1CCC2CN(c3ncc(C)cn3)CC2C1=O. The van der Waals surface area contributed by atoms with Crippen LogP contribution in [0.1, 0.15) is 12.0 Å². The highest BCUT2D eigenvalue weighted by Crippen LogP contribution is 2.33. The molecule has 1 aromatic rings. The molecule has 1 aromatic heterocycles. The molecule has 0 aliphatic carbocycles. The van der Waals surface area contributed by atoms with Crippen molar-refractivity contribution in [3.63, 3.8) is 0 Å². The van der Waals surface area contributed by atoms with Gasteiger partial charge in [0.2, 0.25) is 11.9 Å². The molecule has 114 valence electrons. The lowest BCUT2D eigenvalue weighted by molar-refractivity contribution is -0.140. The molecule has 21 heavy (non-hydrogen) atoms. The van der Waals surface area contributed by atoms with Crippen LogP contribution in [0.2, 0.25) is 0 Å². The molecule has 0 spiro atoms. The second-order valence-corrected chi connectivity index (χ2v) is 5.94. The predicted octanol–water partition coefficient (Wildman–Crippen LogP) is 0.716. The van der Waals surface area contributed by atoms with Gasteiger partial charge in [0.05, 0.1) is 12.5 Å². The Labute approximate surface area is 125 Å². The molecule has 2 aliphatic rings. The van der Waals surface area contributed by atoms with Crippen molar-refractivity contribution in [2.75, 3.05) is 44.8 Å². The number of carbonyl (C=O) groups excluding carboxylic acids is 1. The molecular weight excluding hydrogens is 268 g/mol. The van der Waals surface area contributed by atoms with Crippen LogP contribution < -0.4 is 4.90 Å². The van der Waals surface area contributed by atoms with Gasteiger partial charge in [-0.15, -0.1) is 0 Å². The van der Waals surface area contributed by atoms with E-state index in [0.717, 1.165) is 37.6 Å². The highest BCUT2D eigenvalue weighted by Gasteiger charge is 2.43. The Morgan fingerprint density at radius 2 is 2.10 bits per heavy atom. The fourth-order valence-electron chi connectivity index (χ4n) is 3.25. The lowest BCUT2D eigenvalue weighted by Crippen LogP contribution is -2.46. The van der Waals surface area contributed by atoms with Gasteiger partial charge in [0.1, 0.15) is 0 Å². The van der Waals surface area contributed by atoms with Crippen molar-refractivity contribution in [2.24, 2.45) is 11.8 Å². The minimum atomic E-state index is 0.0838. The number of aromatic nitrogens is 2. The third kappa shape index (κ3) is 2.85. The van der Waals surface area contributed by atoms with Crippen LogP contribution in [-0.2, 0) is 9.53 Å². The number of piperidine rings is 1. The summed E-state index contributed by atoms with van der Waals surface area (Å²) < 4.78 is 5.08. The van der Waals surface area contributed by atoms with Crippen molar-refractivity contribution in [2.45, 2.75) is 13.3 Å². The maximum atomic E-state index is 12.5. The number of aryl methyl sites for hydroxylation is 1. The molecule has 6 nitrogen and oxygen atoms in total. The van der Waals surface area contributed by atoms with Gasteiger partial charge in [0, 0.05) is 45.7 Å². The van der Waals surface area contributed by atoms with Gasteiger partial charge in [-0.2, -0.15) is 0 Å². The van der Waals surface area contributed by atoms with E-state index in [4.69, 9.17) is 4.74 Å². The van der Waals surface area contributed by atoms with Crippen molar-refractivity contribution in [1.29, 1.82) is 0 Å². The van der Waals surface area contributed by atoms with Crippen molar-refractivity contribution >= 4 is 11.9 Å². The number of anilines is 1. The lowest BCUT2D eigenvalue weighted by Gasteiger charge is -2.33. The summed E-state index contributed by atoms with van der Waals surface area (Å²) in [6.45, 7) is 5.73. The average Bonchev–Trinajstić information content (AvgIpc) is 2.92. The molecule has 2 unspecified atom stereocenters. The fourth-order valence-corrected chi connectivity index (χ4v) is 3.25. The number of methoxy groups -OCH3 is 1. The number of amides is 1. The zero-order valence-electron chi connectivity index (χ0n) is 12.7. The number of fused-ring (bicyclic) bond motifs is 1. The number of rotatable bonds is 4. The minimum Gasteiger partial charge on any atom is -0.383 e. The largest absolute Gasteiger partial charge is 0.383 e. The summed E-state index contributed by atoms with van der Waals surface area (Å²) in [7, 11) is 1.67. The molecule has 2 atom stereocenters. The van der Waals surface area contributed by atoms with E-state index in [1.165, 1.54) is 0 Å². The van der Waals surface area contributed by atoms with Gasteiger partial charge in [-0.1, -0.05) is 0 Å². The number of likely N-dealkylation sites (tertiary alicyclic amines) is 1. The van der Waals surface area contributed by atoms with Gasteiger partial charge < -0.3 is 14.5 Å². The zero-order valence-corrected chi connectivity index (χ0v) is 12.7. The van der Waals surface area contributed by atoms with Gasteiger partial charge in [-0.3, -0.25) is 4.79 Å². The van der Waals surface area contributed by atoms with Gasteiger partial charge in [0.15, 0.2) is 0 Å². The number of carbonyl (C=O) groups is 1. The fraction of sp³-hybridized carbons (Fsp3) is 0.667. The first-order chi connectivity index (χ1) is 10.2. The molecule has 0 radical (unpaired) electrons. The topological polar surface area (TPSA) is 58.6 Å². The summed E-state index contributed by atoms with van der Waals surface area (Å²) in [4.78, 5) is 25.4. The predicted molar refractivity (Wildman–Crippen MR) is 79.0 cm³/mol. The third-order valence-electron chi connectivity index (χ3n) is 4.46. The minimum absolute atomic E-state index is 0.0838. The van der Waals surface area contributed by atoms with E-state index < -0.39 is 0 Å². The van der Waals surface area contributed by atoms with E-state index in [1.54, 1.807) is 7.11 Å². The molecule has 0 bridgehead atoms. The molecule has 0 saturated carbocycles. The van der Waals surface area contributed by atoms with Crippen LogP contribution in [0, 0.1) is 18.8 Å². The highest BCUT2D eigenvalue weighted by atomic mass is 16.5. The summed E-state index contributed by atoms with van der Waals surface area (Å²) in [6, 6.07) is 0. The van der Waals surface area contributed by atoms with Crippen molar-refractivity contribution in [3.8, 4) is 0 Å². The van der Waals surface area contributed by atoms with Gasteiger partial charge >= 0.3 is 0 Å². The Hall–Kier alpha value is -1.69. The van der Waals surface area contributed by atoms with E-state index >= 15 is 0 Å². The normalized spacial score (nSPS) is 25.3. The van der Waals surface area contributed by atoms with Crippen LogP contribution in [0.3, 0.4) is 0 Å². The first-order valence-electron chi connectivity index (χ1n) is 7.50. The molecule has 2 saturated heterocycles. The summed E-state index contributed by atoms with van der Waals surface area (Å²) in [6.07, 6.45) is 4.72. The second kappa shape index (κ2) is 5.97. The summed E-state index contributed by atoms with van der Waals surface area (Å²) in [5, 5.41) is 0. The zero-order chi connectivity index (χ0) is 14.8. The molecule has 2 fully saturated rings. The van der Waals surface area contributed by atoms with Crippen molar-refractivity contribution in [1.82, 2.24) is 14.9 Å². The maximum absolute atomic E-state index is 12.5. The van der Waals surface area contributed by atoms with Crippen molar-refractivity contribution < 1.29 is 9.53 Å². The van der Waals surface area contributed by atoms with Crippen LogP contribution in [0.4, 0.5) is 5.95 Å². The molecule has 6 heteroatoms. The van der Waals surface area contributed by atoms with Crippen LogP contribution in [0.25, 0.3) is 0 Å². The Morgan fingerprint density at radius 3 is 2.81 bits per heavy atom. The van der Waals surface area contributed by atoms with E-state index in [-0.39, 0.29) is 11.8 Å². The summed E-state index contributed by atoms with van der Waals surface area (Å²) in [5.74, 6) is 1.52. The van der Waals surface area contributed by atoms with E-state index in [1.807, 2.05) is 24.2 Å². The van der Waals surface area contributed by atoms with Gasteiger partial charge in [-0.25, -0.2) is 9.97 Å². The number of nitrogens with zero attached hydrogens (tertiary/aromatic N) is 4. The van der Waals surface area contributed by atoms with E-state index in [2.05, 4.69) is 14.9 Å². The maximum Gasteiger partial charge on any atom is 0.227 e. The number of hydrogen-bond donors (Lipinski definition) is 0. The molecular formula is C15H22N4O2. The van der Waals surface area contributed by atoms with E-state index in [0.29, 0.717) is 19.1 Å². The standard InChI is InChI=1S/C15H22N4O2/c1-11-7-16-15(17-8-11)19-9-12-3-4-18(5-6-21-2)14(20)13(12)10-19/h7-8,12-13H,3-6,9-10H2,1-2H3. The number of hydrogen-bond acceptors (Lipinski definition) is 5. The Balaban J connectivity index is 1.67. The van der Waals surface area contributed by atoms with Crippen LogP contribution in [0.15, 0.2) is 12.4 Å². The molecule has 0 N–H and O–H groups in total. The highest BCUT2D eigenvalue weighted by molar-refractivity contribution is 5.81. The van der Waals surface area contributed by atoms with Crippen molar-refractivity contribution in [3.05, 3.63) is 18.0 Å². The summed E-state index contributed by atoms with van der Waals surface area (Å²) >= 11 is 0. The van der Waals surface area contributed by atoms with Crippen LogP contribution in [0.5, 0.6) is 0 Å². The molecule has 0 aromatic carbocycles. The van der Waals surface area contributed by atoms with Gasteiger partial charge in [-0.05, 0) is 24.8 Å². The molecule has 3 rings (SSSR count). The quantitative estimate of drug-likeness (QED) is 0.817. The van der Waals surface area contributed by atoms with E-state index in [9.17, 15) is 4.79 Å². The summed E-state index contributed by atoms with van der Waals surface area (Å²) in [5.41, 5.74) is 1.05. The monoisotopic (exact) mass is 290 g/mol. The average molecular weight is 290 g/mol. The Kier molecular flexibility index (Phi) is 4.05. The second-order valence-electron chi connectivity index (χ2n) is 5.94. The van der Waals surface area contributed by atoms with Crippen LogP contribution >= 0.6 is 0 Å². The Morgan fingerprint density at radius 1 is 1.33 bits per heavy atom. The third-order valence-corrected chi connectivity index (χ3v) is 4.46. The first-order valence-corrected chi connectivity index (χ1v) is 7.50. The molecule has 1 amide bonds. The Bertz CT molecular complexity index is 505. The number of ether oxygens (including phenoxy) is 1. The van der Waals surface area contributed by atoms with Gasteiger partial charge in [0.25, 0.3) is 0 Å². The molecule has 2 aliphatic heterocycles.